The van der Waals surface area contributed by atoms with Crippen LogP contribution in [0.15, 0.2) is 24.3 Å². The van der Waals surface area contributed by atoms with Gasteiger partial charge in [-0.2, -0.15) is 0 Å². The Bertz CT molecular complexity index is 566. The van der Waals surface area contributed by atoms with Crippen LogP contribution in [0.2, 0.25) is 0 Å². The van der Waals surface area contributed by atoms with Gasteiger partial charge in [0.1, 0.15) is 0 Å². The molecular weight excluding hydrogens is 296 g/mol. The summed E-state index contributed by atoms with van der Waals surface area (Å²) in [4.78, 5) is 12.9. The van der Waals surface area contributed by atoms with Gasteiger partial charge in [0, 0.05) is 11.7 Å². The molecule has 3 nitrogen and oxygen atoms in total. The number of carbonyl (C=O) groups is 1. The van der Waals surface area contributed by atoms with Crippen molar-refractivity contribution in [3.63, 3.8) is 0 Å². The van der Waals surface area contributed by atoms with Crippen molar-refractivity contribution < 1.29 is 4.79 Å². The molecular formula is C21H34N2O. The highest BCUT2D eigenvalue weighted by Crippen LogP contribution is 2.30. The van der Waals surface area contributed by atoms with E-state index in [0.29, 0.717) is 0 Å². The van der Waals surface area contributed by atoms with Crippen LogP contribution in [0.25, 0.3) is 0 Å². The minimum atomic E-state index is 0.0521. The Kier molecular flexibility index (Phi) is 5.74. The number of nitrogens with one attached hydrogen (secondary N) is 2. The lowest BCUT2D eigenvalue weighted by atomic mass is 9.79. The summed E-state index contributed by atoms with van der Waals surface area (Å²) in [5, 5.41) is 6.73. The monoisotopic (exact) mass is 330 g/mol. The maximum atomic E-state index is 12.9. The zero-order valence-electron chi connectivity index (χ0n) is 16.2. The molecule has 134 valence electrons. The van der Waals surface area contributed by atoms with Gasteiger partial charge in [-0.1, -0.05) is 53.7 Å². The molecule has 1 aliphatic rings. The minimum absolute atomic E-state index is 0.0521. The molecule has 1 saturated heterocycles. The number of hydrogen-bond donors (Lipinski definition) is 2. The summed E-state index contributed by atoms with van der Waals surface area (Å²) < 4.78 is 0. The zero-order chi connectivity index (χ0) is 18.0. The Morgan fingerprint density at radius 3 is 2.54 bits per heavy atom. The van der Waals surface area contributed by atoms with Gasteiger partial charge in [-0.25, -0.2) is 0 Å². The first-order valence-corrected chi connectivity index (χ1v) is 9.21. The molecule has 24 heavy (non-hydrogen) atoms. The Morgan fingerprint density at radius 2 is 1.92 bits per heavy atom. The van der Waals surface area contributed by atoms with Gasteiger partial charge in [-0.15, -0.1) is 0 Å². The maximum absolute atomic E-state index is 12.9. The lowest BCUT2D eigenvalue weighted by Crippen LogP contribution is -2.48. The standard InChI is InChI=1S/C21H34N2O/c1-20(2,3)14-18-17(11-8-12-22-18)19(24)23-16-10-7-9-15(13-16)21(4,5)6/h7,9-10,13,17-18,22H,8,11-12,14H2,1-6H3,(H,23,24). The third-order valence-corrected chi connectivity index (χ3v) is 4.75. The predicted molar refractivity (Wildman–Crippen MR) is 102 cm³/mol. The normalized spacial score (nSPS) is 22.2. The molecule has 2 N–H and O–H groups in total. The maximum Gasteiger partial charge on any atom is 0.229 e. The molecule has 1 heterocycles. The van der Waals surface area contributed by atoms with Crippen LogP contribution in [0, 0.1) is 11.3 Å². The molecule has 2 unspecified atom stereocenters. The number of anilines is 1. The molecule has 1 aromatic carbocycles. The average molecular weight is 331 g/mol. The number of piperidine rings is 1. The fourth-order valence-corrected chi connectivity index (χ4v) is 3.44. The highest BCUT2D eigenvalue weighted by Gasteiger charge is 2.33. The summed E-state index contributed by atoms with van der Waals surface area (Å²) in [5.41, 5.74) is 2.46. The Hall–Kier alpha value is -1.35. The second-order valence-corrected chi connectivity index (χ2v) is 9.39. The predicted octanol–water partition coefficient (Wildman–Crippen LogP) is 4.73. The van der Waals surface area contributed by atoms with E-state index in [1.807, 2.05) is 12.1 Å². The van der Waals surface area contributed by atoms with Gasteiger partial charge in [0.15, 0.2) is 0 Å². The zero-order valence-corrected chi connectivity index (χ0v) is 16.2. The first-order chi connectivity index (χ1) is 11.1. The van der Waals surface area contributed by atoms with E-state index in [2.05, 4.69) is 64.3 Å². The number of rotatable bonds is 3. The topological polar surface area (TPSA) is 41.1 Å². The smallest absolute Gasteiger partial charge is 0.229 e. The number of amides is 1. The van der Waals surface area contributed by atoms with Gasteiger partial charge in [-0.3, -0.25) is 4.79 Å². The van der Waals surface area contributed by atoms with Gasteiger partial charge in [-0.05, 0) is 54.3 Å². The molecule has 1 aliphatic heterocycles. The number of benzene rings is 1. The van der Waals surface area contributed by atoms with Crippen molar-refractivity contribution in [2.45, 2.75) is 72.3 Å². The van der Waals surface area contributed by atoms with Crippen LogP contribution in [-0.4, -0.2) is 18.5 Å². The van der Waals surface area contributed by atoms with Crippen LogP contribution in [-0.2, 0) is 10.2 Å². The molecule has 1 fully saturated rings. The van der Waals surface area contributed by atoms with E-state index in [4.69, 9.17) is 0 Å². The largest absolute Gasteiger partial charge is 0.326 e. The summed E-state index contributed by atoms with van der Waals surface area (Å²) >= 11 is 0. The molecule has 1 aromatic rings. The highest BCUT2D eigenvalue weighted by molar-refractivity contribution is 5.93. The first-order valence-electron chi connectivity index (χ1n) is 9.21. The molecule has 3 heteroatoms. The second-order valence-electron chi connectivity index (χ2n) is 9.39. The van der Waals surface area contributed by atoms with Gasteiger partial charge in [0.2, 0.25) is 5.91 Å². The van der Waals surface area contributed by atoms with Gasteiger partial charge in [0.25, 0.3) is 0 Å². The molecule has 2 atom stereocenters. The van der Waals surface area contributed by atoms with Crippen molar-refractivity contribution >= 4 is 11.6 Å². The van der Waals surface area contributed by atoms with Crippen molar-refractivity contribution in [2.24, 2.45) is 11.3 Å². The van der Waals surface area contributed by atoms with Crippen molar-refractivity contribution in [3.05, 3.63) is 29.8 Å². The molecule has 0 spiro atoms. The lowest BCUT2D eigenvalue weighted by Gasteiger charge is -2.35. The fourth-order valence-electron chi connectivity index (χ4n) is 3.44. The van der Waals surface area contributed by atoms with Crippen LogP contribution < -0.4 is 10.6 Å². The number of hydrogen-bond acceptors (Lipinski definition) is 2. The lowest BCUT2D eigenvalue weighted by molar-refractivity contribution is -0.121. The fraction of sp³-hybridized carbons (Fsp3) is 0.667. The van der Waals surface area contributed by atoms with Gasteiger partial charge in [0.05, 0.1) is 5.92 Å². The van der Waals surface area contributed by atoms with Crippen molar-refractivity contribution in [1.29, 1.82) is 0 Å². The van der Waals surface area contributed by atoms with Gasteiger partial charge >= 0.3 is 0 Å². The van der Waals surface area contributed by atoms with Crippen molar-refractivity contribution in [2.75, 3.05) is 11.9 Å². The van der Waals surface area contributed by atoms with E-state index in [-0.39, 0.29) is 28.7 Å². The van der Waals surface area contributed by atoms with E-state index >= 15 is 0 Å². The Morgan fingerprint density at radius 1 is 1.21 bits per heavy atom. The molecule has 0 saturated carbocycles. The SMILES string of the molecule is CC(C)(C)CC1NCCCC1C(=O)Nc1cccc(C(C)(C)C)c1. The summed E-state index contributed by atoms with van der Waals surface area (Å²) in [6.07, 6.45) is 3.06. The van der Waals surface area contributed by atoms with Crippen LogP contribution >= 0.6 is 0 Å². The van der Waals surface area contributed by atoms with E-state index in [9.17, 15) is 4.79 Å². The van der Waals surface area contributed by atoms with Crippen LogP contribution in [0.5, 0.6) is 0 Å². The summed E-state index contributed by atoms with van der Waals surface area (Å²) in [6.45, 7) is 14.3. The minimum Gasteiger partial charge on any atom is -0.326 e. The summed E-state index contributed by atoms with van der Waals surface area (Å²) in [6, 6.07) is 8.52. The Labute approximate surface area is 147 Å². The molecule has 1 amide bonds. The molecule has 0 bridgehead atoms. The van der Waals surface area contributed by atoms with E-state index in [1.165, 1.54) is 5.56 Å². The van der Waals surface area contributed by atoms with Crippen molar-refractivity contribution in [3.8, 4) is 0 Å². The van der Waals surface area contributed by atoms with E-state index < -0.39 is 0 Å². The molecule has 0 aliphatic carbocycles. The summed E-state index contributed by atoms with van der Waals surface area (Å²) in [7, 11) is 0. The highest BCUT2D eigenvalue weighted by atomic mass is 16.1. The quantitative estimate of drug-likeness (QED) is 0.841. The third-order valence-electron chi connectivity index (χ3n) is 4.75. The van der Waals surface area contributed by atoms with Crippen LogP contribution in [0.3, 0.4) is 0 Å². The third kappa shape index (κ3) is 5.34. The van der Waals surface area contributed by atoms with Crippen molar-refractivity contribution in [1.82, 2.24) is 5.32 Å². The second kappa shape index (κ2) is 7.26. The van der Waals surface area contributed by atoms with Crippen LogP contribution in [0.4, 0.5) is 5.69 Å². The summed E-state index contributed by atoms with van der Waals surface area (Å²) in [5.74, 6) is 0.207. The Balaban J connectivity index is 2.10. The molecule has 0 radical (unpaired) electrons. The molecule has 2 rings (SSSR count). The first kappa shape index (κ1) is 19.0. The molecule has 0 aromatic heterocycles. The average Bonchev–Trinajstić information content (AvgIpc) is 2.45. The van der Waals surface area contributed by atoms with E-state index in [0.717, 1.165) is 31.5 Å². The van der Waals surface area contributed by atoms with Gasteiger partial charge < -0.3 is 10.6 Å². The van der Waals surface area contributed by atoms with E-state index in [1.54, 1.807) is 0 Å². The van der Waals surface area contributed by atoms with Crippen LogP contribution in [0.1, 0.15) is 66.4 Å². The number of carbonyl (C=O) groups excluding carboxylic acids is 1.